The summed E-state index contributed by atoms with van der Waals surface area (Å²) >= 11 is 6.77. The summed E-state index contributed by atoms with van der Waals surface area (Å²) in [7, 11) is 0. The molecule has 106 valence electrons. The molecule has 7 heteroatoms. The van der Waals surface area contributed by atoms with Crippen molar-refractivity contribution >= 4 is 34.0 Å². The molecule has 1 aromatic carbocycles. The highest BCUT2D eigenvalue weighted by Gasteiger charge is 2.08. The van der Waals surface area contributed by atoms with Crippen LogP contribution in [0, 0.1) is 6.92 Å². The predicted octanol–water partition coefficient (Wildman–Crippen LogP) is 2.99. The van der Waals surface area contributed by atoms with E-state index in [-0.39, 0.29) is 18.2 Å². The van der Waals surface area contributed by atoms with Gasteiger partial charge in [-0.15, -0.1) is 21.8 Å². The number of rotatable bonds is 6. The zero-order valence-corrected chi connectivity index (χ0v) is 12.5. The molecule has 0 atom stereocenters. The minimum atomic E-state index is -0.165. The van der Waals surface area contributed by atoms with E-state index in [9.17, 15) is 4.79 Å². The Hall–Kier alpha value is -1.66. The van der Waals surface area contributed by atoms with Crippen LogP contribution in [0.1, 0.15) is 17.0 Å². The van der Waals surface area contributed by atoms with Gasteiger partial charge in [-0.25, -0.2) is 0 Å². The summed E-state index contributed by atoms with van der Waals surface area (Å²) in [5, 5.41) is 11.6. The number of nitrogens with zero attached hydrogens (tertiary/aromatic N) is 2. The summed E-state index contributed by atoms with van der Waals surface area (Å²) < 4.78 is 5.59. The smallest absolute Gasteiger partial charge is 0.227 e. The molecule has 0 aliphatic heterocycles. The zero-order valence-electron chi connectivity index (χ0n) is 10.9. The Bertz CT molecular complexity index is 571. The number of amides is 1. The maximum Gasteiger partial charge on any atom is 0.227 e. The fourth-order valence-electron chi connectivity index (χ4n) is 1.41. The molecule has 1 aromatic heterocycles. The first-order chi connectivity index (χ1) is 9.67. The second-order valence-electron chi connectivity index (χ2n) is 4.09. The highest BCUT2D eigenvalue weighted by Crippen LogP contribution is 2.18. The lowest BCUT2D eigenvalue weighted by Crippen LogP contribution is -2.11. The van der Waals surface area contributed by atoms with Crippen molar-refractivity contribution in [2.24, 2.45) is 0 Å². The summed E-state index contributed by atoms with van der Waals surface area (Å²) in [6.07, 6.45) is 0.260. The van der Waals surface area contributed by atoms with Gasteiger partial charge >= 0.3 is 0 Å². The third kappa shape index (κ3) is 4.47. The normalized spacial score (nSPS) is 10.3. The first-order valence-corrected chi connectivity index (χ1v) is 7.40. The van der Waals surface area contributed by atoms with Gasteiger partial charge < -0.3 is 10.1 Å². The first kappa shape index (κ1) is 14.7. The Morgan fingerprint density at radius 2 is 2.10 bits per heavy atom. The molecule has 1 amide bonds. The number of halogens is 1. The molecule has 0 aliphatic carbocycles. The van der Waals surface area contributed by atoms with Crippen molar-refractivity contribution in [3.8, 4) is 5.75 Å². The Morgan fingerprint density at radius 1 is 1.35 bits per heavy atom. The van der Waals surface area contributed by atoms with Crippen LogP contribution in [0.15, 0.2) is 24.3 Å². The molecule has 0 spiro atoms. The molecule has 1 N–H and O–H groups in total. The van der Waals surface area contributed by atoms with Crippen molar-refractivity contribution in [3.63, 3.8) is 0 Å². The van der Waals surface area contributed by atoms with Crippen LogP contribution in [-0.2, 0) is 11.4 Å². The van der Waals surface area contributed by atoms with Gasteiger partial charge in [0, 0.05) is 12.3 Å². The summed E-state index contributed by atoms with van der Waals surface area (Å²) in [4.78, 5) is 11.3. The molecular weight excluding hydrogens is 298 g/mol. The third-order valence-electron chi connectivity index (χ3n) is 2.42. The number of benzene rings is 1. The standard InChI is InChI=1S/C13H14ClN3O2S/c1-9-2-4-10(5-3-9)19-8-12-16-17-13(20-12)15-11(18)6-7-14/h2-5H,6-8H2,1H3,(H,15,17,18). The van der Waals surface area contributed by atoms with E-state index in [1.54, 1.807) is 0 Å². The highest BCUT2D eigenvalue weighted by molar-refractivity contribution is 7.15. The molecule has 0 saturated carbocycles. The Labute approximate surface area is 125 Å². The van der Waals surface area contributed by atoms with Crippen molar-refractivity contribution in [2.75, 3.05) is 11.2 Å². The molecule has 0 unspecified atom stereocenters. The number of anilines is 1. The van der Waals surface area contributed by atoms with Crippen molar-refractivity contribution in [2.45, 2.75) is 20.0 Å². The van der Waals surface area contributed by atoms with Gasteiger partial charge in [0.15, 0.2) is 5.01 Å². The van der Waals surface area contributed by atoms with Crippen LogP contribution in [0.3, 0.4) is 0 Å². The first-order valence-electron chi connectivity index (χ1n) is 6.05. The van der Waals surface area contributed by atoms with Crippen LogP contribution in [0.5, 0.6) is 5.75 Å². The molecular formula is C13H14ClN3O2S. The Kier molecular flexibility index (Phi) is 5.31. The summed E-state index contributed by atoms with van der Waals surface area (Å²) in [6, 6.07) is 7.76. The van der Waals surface area contributed by atoms with E-state index in [0.717, 1.165) is 5.75 Å². The van der Waals surface area contributed by atoms with Crippen LogP contribution in [0.4, 0.5) is 5.13 Å². The summed E-state index contributed by atoms with van der Waals surface area (Å²) in [5.74, 6) is 0.897. The third-order valence-corrected chi connectivity index (χ3v) is 3.42. The summed E-state index contributed by atoms with van der Waals surface area (Å²) in [6.45, 7) is 2.34. The molecule has 1 heterocycles. The SMILES string of the molecule is Cc1ccc(OCc2nnc(NC(=O)CCCl)s2)cc1. The molecule has 5 nitrogen and oxygen atoms in total. The van der Waals surface area contributed by atoms with Crippen LogP contribution < -0.4 is 10.1 Å². The Morgan fingerprint density at radius 3 is 2.80 bits per heavy atom. The zero-order chi connectivity index (χ0) is 14.4. The summed E-state index contributed by atoms with van der Waals surface area (Å²) in [5.41, 5.74) is 1.18. The minimum absolute atomic E-state index is 0.165. The molecule has 0 saturated heterocycles. The number of hydrogen-bond donors (Lipinski definition) is 1. The van der Waals surface area contributed by atoms with Gasteiger partial charge in [0.05, 0.1) is 0 Å². The van der Waals surface area contributed by atoms with E-state index in [4.69, 9.17) is 16.3 Å². The fourth-order valence-corrected chi connectivity index (χ4v) is 2.25. The number of nitrogens with one attached hydrogen (secondary N) is 1. The lowest BCUT2D eigenvalue weighted by molar-refractivity contribution is -0.115. The number of alkyl halides is 1. The predicted molar refractivity (Wildman–Crippen MR) is 79.4 cm³/mol. The van der Waals surface area contributed by atoms with E-state index < -0.39 is 0 Å². The lowest BCUT2D eigenvalue weighted by Gasteiger charge is -2.03. The molecule has 0 fully saturated rings. The average Bonchev–Trinajstić information content (AvgIpc) is 2.86. The maximum atomic E-state index is 11.3. The van der Waals surface area contributed by atoms with Crippen LogP contribution >= 0.6 is 22.9 Å². The van der Waals surface area contributed by atoms with Gasteiger partial charge in [-0.3, -0.25) is 4.79 Å². The largest absolute Gasteiger partial charge is 0.486 e. The van der Waals surface area contributed by atoms with Crippen molar-refractivity contribution in [1.29, 1.82) is 0 Å². The number of hydrogen-bond acceptors (Lipinski definition) is 5. The second-order valence-corrected chi connectivity index (χ2v) is 5.53. The molecule has 2 aromatic rings. The highest BCUT2D eigenvalue weighted by atomic mass is 35.5. The van der Waals surface area contributed by atoms with Gasteiger partial charge in [0.1, 0.15) is 12.4 Å². The average molecular weight is 312 g/mol. The number of carbonyl (C=O) groups excluding carboxylic acids is 1. The van der Waals surface area contributed by atoms with Gasteiger partial charge in [-0.1, -0.05) is 29.0 Å². The van der Waals surface area contributed by atoms with E-state index in [2.05, 4.69) is 15.5 Å². The quantitative estimate of drug-likeness (QED) is 0.833. The van der Waals surface area contributed by atoms with Crippen LogP contribution in [0.25, 0.3) is 0 Å². The molecule has 2 rings (SSSR count). The van der Waals surface area contributed by atoms with Crippen molar-refractivity contribution in [3.05, 3.63) is 34.8 Å². The van der Waals surface area contributed by atoms with Crippen LogP contribution in [0.2, 0.25) is 0 Å². The topological polar surface area (TPSA) is 64.1 Å². The molecule has 20 heavy (non-hydrogen) atoms. The molecule has 0 radical (unpaired) electrons. The second kappa shape index (κ2) is 7.21. The van der Waals surface area contributed by atoms with Crippen LogP contribution in [-0.4, -0.2) is 22.0 Å². The number of ether oxygens (including phenoxy) is 1. The number of aryl methyl sites for hydroxylation is 1. The Balaban J connectivity index is 1.86. The van der Waals surface area contributed by atoms with Gasteiger partial charge in [0.2, 0.25) is 11.0 Å². The minimum Gasteiger partial charge on any atom is -0.486 e. The van der Waals surface area contributed by atoms with Crippen molar-refractivity contribution < 1.29 is 9.53 Å². The van der Waals surface area contributed by atoms with E-state index in [0.29, 0.717) is 16.7 Å². The number of aromatic nitrogens is 2. The van der Waals surface area contributed by atoms with Gasteiger partial charge in [-0.2, -0.15) is 0 Å². The maximum absolute atomic E-state index is 11.3. The van der Waals surface area contributed by atoms with E-state index in [1.807, 2.05) is 31.2 Å². The van der Waals surface area contributed by atoms with Gasteiger partial charge in [-0.05, 0) is 19.1 Å². The van der Waals surface area contributed by atoms with E-state index in [1.165, 1.54) is 16.9 Å². The molecule has 0 aliphatic rings. The monoisotopic (exact) mass is 311 g/mol. The number of carbonyl (C=O) groups is 1. The lowest BCUT2D eigenvalue weighted by atomic mass is 10.2. The molecule has 0 bridgehead atoms. The fraction of sp³-hybridized carbons (Fsp3) is 0.308. The van der Waals surface area contributed by atoms with Gasteiger partial charge in [0.25, 0.3) is 0 Å². The van der Waals surface area contributed by atoms with Crippen molar-refractivity contribution in [1.82, 2.24) is 10.2 Å². The van der Waals surface area contributed by atoms with E-state index >= 15 is 0 Å².